The number of fused-ring (bicyclic) bond motifs is 1. The summed E-state index contributed by atoms with van der Waals surface area (Å²) in [5.41, 5.74) is 3.08. The second kappa shape index (κ2) is 10.9. The third-order valence-corrected chi connectivity index (χ3v) is 5.57. The Labute approximate surface area is 199 Å². The van der Waals surface area contributed by atoms with Gasteiger partial charge in [0.2, 0.25) is 0 Å². The Kier molecular flexibility index (Phi) is 7.53. The minimum atomic E-state index is 0.333. The van der Waals surface area contributed by atoms with Crippen molar-refractivity contribution in [3.63, 3.8) is 0 Å². The molecule has 0 amide bonds. The first-order valence-electron chi connectivity index (χ1n) is 10.9. The van der Waals surface area contributed by atoms with E-state index in [0.717, 1.165) is 35.4 Å². The van der Waals surface area contributed by atoms with Crippen molar-refractivity contribution in [3.05, 3.63) is 89.2 Å². The van der Waals surface area contributed by atoms with Crippen LogP contribution in [0.5, 0.6) is 17.2 Å². The van der Waals surface area contributed by atoms with Gasteiger partial charge in [0.15, 0.2) is 11.5 Å². The van der Waals surface area contributed by atoms with Crippen molar-refractivity contribution in [2.24, 2.45) is 0 Å². The molecule has 0 aliphatic rings. The van der Waals surface area contributed by atoms with Crippen molar-refractivity contribution >= 4 is 28.7 Å². The molecule has 5 nitrogen and oxygen atoms in total. The van der Waals surface area contributed by atoms with Crippen LogP contribution in [0.1, 0.15) is 24.7 Å². The molecule has 1 aromatic heterocycles. The minimum absolute atomic E-state index is 0.333. The molecule has 0 saturated heterocycles. The second-order valence-corrected chi connectivity index (χ2v) is 7.91. The van der Waals surface area contributed by atoms with Gasteiger partial charge in [-0.2, -0.15) is 0 Å². The van der Waals surface area contributed by atoms with Gasteiger partial charge in [0.25, 0.3) is 0 Å². The Bertz CT molecular complexity index is 1250. The van der Waals surface area contributed by atoms with Crippen molar-refractivity contribution < 1.29 is 14.2 Å². The largest absolute Gasteiger partial charge is 0.493 e. The van der Waals surface area contributed by atoms with E-state index in [4.69, 9.17) is 30.8 Å². The number of aryl methyl sites for hydroxylation is 1. The summed E-state index contributed by atoms with van der Waals surface area (Å²) in [6, 6.07) is 21.5. The van der Waals surface area contributed by atoms with E-state index in [1.54, 1.807) is 7.11 Å². The van der Waals surface area contributed by atoms with Gasteiger partial charge in [-0.15, -0.1) is 0 Å². The average Bonchev–Trinajstić information content (AvgIpc) is 3.19. The maximum Gasteiger partial charge on any atom is 0.161 e. The number of hydrogen-bond donors (Lipinski definition) is 0. The van der Waals surface area contributed by atoms with Crippen molar-refractivity contribution in [2.75, 3.05) is 13.7 Å². The van der Waals surface area contributed by atoms with E-state index in [1.807, 2.05) is 79.7 Å². The Morgan fingerprint density at radius 2 is 1.76 bits per heavy atom. The van der Waals surface area contributed by atoms with Gasteiger partial charge in [0, 0.05) is 6.54 Å². The lowest BCUT2D eigenvalue weighted by Gasteiger charge is -2.13. The van der Waals surface area contributed by atoms with Crippen LogP contribution in [0.2, 0.25) is 5.02 Å². The maximum absolute atomic E-state index is 6.19. The molecule has 4 aromatic rings. The fourth-order valence-electron chi connectivity index (χ4n) is 3.69. The first kappa shape index (κ1) is 22.7. The summed E-state index contributed by atoms with van der Waals surface area (Å²) in [4.78, 5) is 4.81. The van der Waals surface area contributed by atoms with Crippen LogP contribution >= 0.6 is 11.6 Å². The second-order valence-electron chi connectivity index (χ2n) is 7.50. The molecule has 0 unspecified atom stereocenters. The van der Waals surface area contributed by atoms with E-state index in [9.17, 15) is 0 Å². The lowest BCUT2D eigenvalue weighted by Crippen LogP contribution is -2.10. The van der Waals surface area contributed by atoms with Gasteiger partial charge in [0.05, 0.1) is 29.8 Å². The molecule has 170 valence electrons. The lowest BCUT2D eigenvalue weighted by molar-refractivity contribution is 0.267. The van der Waals surface area contributed by atoms with Crippen LogP contribution in [-0.4, -0.2) is 23.3 Å². The van der Waals surface area contributed by atoms with Gasteiger partial charge in [0.1, 0.15) is 18.2 Å². The van der Waals surface area contributed by atoms with Gasteiger partial charge in [-0.1, -0.05) is 54.1 Å². The normalized spacial score (nSPS) is 11.2. The molecular formula is C27H27ClN2O3. The van der Waals surface area contributed by atoms with Crippen LogP contribution in [-0.2, 0) is 13.2 Å². The number of benzene rings is 3. The fourth-order valence-corrected chi connectivity index (χ4v) is 3.88. The molecule has 0 bridgehead atoms. The van der Waals surface area contributed by atoms with Crippen LogP contribution in [0.25, 0.3) is 17.1 Å². The Morgan fingerprint density at radius 1 is 0.939 bits per heavy atom. The zero-order chi connectivity index (χ0) is 23.0. The smallest absolute Gasteiger partial charge is 0.161 e. The highest BCUT2D eigenvalue weighted by Crippen LogP contribution is 2.30. The number of rotatable bonds is 10. The number of aromatic nitrogens is 2. The van der Waals surface area contributed by atoms with E-state index < -0.39 is 0 Å². The molecular weight excluding hydrogens is 436 g/mol. The van der Waals surface area contributed by atoms with Gasteiger partial charge in [-0.3, -0.25) is 0 Å². The molecule has 1 heterocycles. The topological polar surface area (TPSA) is 45.5 Å². The molecule has 0 fully saturated rings. The molecule has 33 heavy (non-hydrogen) atoms. The number of allylic oxidation sites excluding steroid dienone is 1. The van der Waals surface area contributed by atoms with Gasteiger partial charge >= 0.3 is 0 Å². The van der Waals surface area contributed by atoms with E-state index in [-0.39, 0.29) is 0 Å². The van der Waals surface area contributed by atoms with Crippen molar-refractivity contribution in [3.8, 4) is 17.2 Å². The summed E-state index contributed by atoms with van der Waals surface area (Å²) < 4.78 is 19.7. The number of ether oxygens (including phenoxy) is 3. The Hall–Kier alpha value is -3.44. The molecule has 0 atom stereocenters. The third-order valence-electron chi connectivity index (χ3n) is 5.26. The summed E-state index contributed by atoms with van der Waals surface area (Å²) in [6.45, 7) is 3.62. The highest BCUT2D eigenvalue weighted by Gasteiger charge is 2.13. The fraction of sp³-hybridized carbons (Fsp3) is 0.222. The molecule has 0 radical (unpaired) electrons. The van der Waals surface area contributed by atoms with Crippen LogP contribution in [0.4, 0.5) is 0 Å². The zero-order valence-corrected chi connectivity index (χ0v) is 19.6. The molecule has 3 aromatic carbocycles. The van der Waals surface area contributed by atoms with E-state index in [2.05, 4.69) is 10.6 Å². The van der Waals surface area contributed by atoms with Crippen molar-refractivity contribution in [2.45, 2.75) is 26.5 Å². The first-order valence-corrected chi connectivity index (χ1v) is 11.3. The quantitative estimate of drug-likeness (QED) is 0.244. The SMILES string of the molecule is C/C=C\c1ccc(OCc2nc3ccccc3n2CCCOc2ccccc2Cl)c(OC)c1. The van der Waals surface area contributed by atoms with Gasteiger partial charge in [-0.05, 0) is 55.3 Å². The summed E-state index contributed by atoms with van der Waals surface area (Å²) in [7, 11) is 1.65. The van der Waals surface area contributed by atoms with Gasteiger partial charge < -0.3 is 18.8 Å². The highest BCUT2D eigenvalue weighted by atomic mass is 35.5. The number of para-hydroxylation sites is 3. The number of nitrogens with zero attached hydrogens (tertiary/aromatic N) is 2. The molecule has 0 aliphatic heterocycles. The molecule has 0 N–H and O–H groups in total. The summed E-state index contributed by atoms with van der Waals surface area (Å²) >= 11 is 6.19. The lowest BCUT2D eigenvalue weighted by atomic mass is 10.2. The summed E-state index contributed by atoms with van der Waals surface area (Å²) in [6.07, 6.45) is 4.82. The zero-order valence-electron chi connectivity index (χ0n) is 18.8. The highest BCUT2D eigenvalue weighted by molar-refractivity contribution is 6.32. The van der Waals surface area contributed by atoms with Crippen LogP contribution in [0.15, 0.2) is 72.8 Å². The van der Waals surface area contributed by atoms with Gasteiger partial charge in [-0.25, -0.2) is 4.98 Å². The van der Waals surface area contributed by atoms with Crippen LogP contribution < -0.4 is 14.2 Å². The van der Waals surface area contributed by atoms with Crippen LogP contribution in [0.3, 0.4) is 0 Å². The average molecular weight is 463 g/mol. The minimum Gasteiger partial charge on any atom is -0.493 e. The Balaban J connectivity index is 1.48. The molecule has 6 heteroatoms. The molecule has 4 rings (SSSR count). The van der Waals surface area contributed by atoms with Crippen molar-refractivity contribution in [1.29, 1.82) is 0 Å². The first-order chi connectivity index (χ1) is 16.2. The number of imidazole rings is 1. The van der Waals surface area contributed by atoms with E-state index in [0.29, 0.717) is 35.5 Å². The predicted octanol–water partition coefficient (Wildman–Crippen LogP) is 6.78. The standard InChI is InChI=1S/C27H27ClN2O3/c1-3-9-20-14-15-25(26(18-20)31-2)33-19-27-29-22-11-5-6-12-23(22)30(27)16-8-17-32-24-13-7-4-10-21(24)28/h3-7,9-15,18H,8,16-17,19H2,1-2H3/b9-3-. The van der Waals surface area contributed by atoms with E-state index >= 15 is 0 Å². The number of hydrogen-bond acceptors (Lipinski definition) is 4. The number of methoxy groups -OCH3 is 1. The molecule has 0 saturated carbocycles. The Morgan fingerprint density at radius 3 is 2.58 bits per heavy atom. The predicted molar refractivity (Wildman–Crippen MR) is 133 cm³/mol. The summed E-state index contributed by atoms with van der Waals surface area (Å²) in [5, 5.41) is 0.620. The third kappa shape index (κ3) is 5.49. The van der Waals surface area contributed by atoms with E-state index in [1.165, 1.54) is 0 Å². The molecule has 0 aliphatic carbocycles. The van der Waals surface area contributed by atoms with Crippen molar-refractivity contribution in [1.82, 2.24) is 9.55 Å². The molecule has 0 spiro atoms. The summed E-state index contributed by atoms with van der Waals surface area (Å²) in [5.74, 6) is 2.94. The van der Waals surface area contributed by atoms with Crippen LogP contribution in [0, 0.1) is 0 Å². The number of halogens is 1. The monoisotopic (exact) mass is 462 g/mol. The maximum atomic E-state index is 6.19.